The molecular weight excluding hydrogens is 224 g/mol. The lowest BCUT2D eigenvalue weighted by Gasteiger charge is -2.33. The van der Waals surface area contributed by atoms with Crippen LogP contribution in [0.1, 0.15) is 52.9 Å². The summed E-state index contributed by atoms with van der Waals surface area (Å²) in [6.07, 6.45) is 5.95. The van der Waals surface area contributed by atoms with Gasteiger partial charge in [0.1, 0.15) is 0 Å². The molecule has 1 amide bonds. The molecule has 1 aliphatic carbocycles. The van der Waals surface area contributed by atoms with Gasteiger partial charge >= 0.3 is 0 Å². The topological polar surface area (TPSA) is 32.3 Å². The zero-order chi connectivity index (χ0) is 13.1. The first-order chi connectivity index (χ1) is 8.61. The first-order valence-electron chi connectivity index (χ1n) is 7.66. The number of nitrogens with one attached hydrogen (secondary N) is 1. The second-order valence-corrected chi connectivity index (χ2v) is 6.38. The van der Waals surface area contributed by atoms with Gasteiger partial charge in [0.2, 0.25) is 5.91 Å². The number of hydrogen-bond donors (Lipinski definition) is 1. The SMILES string of the molecule is CCN1CCCCC1C(=O)N[C@H]1C[C@@H]1CC(C)C. The smallest absolute Gasteiger partial charge is 0.237 e. The van der Waals surface area contributed by atoms with Crippen molar-refractivity contribution in [2.45, 2.75) is 65.0 Å². The standard InChI is InChI=1S/C15H28N2O/c1-4-17-8-6-5-7-14(17)15(18)16-13-10-12(13)9-11(2)3/h11-14H,4-10H2,1-3H3,(H,16,18)/t12-,13-,14?/m0/s1. The molecule has 1 aliphatic heterocycles. The molecule has 1 unspecified atom stereocenters. The van der Waals surface area contributed by atoms with Crippen molar-refractivity contribution in [1.29, 1.82) is 0 Å². The van der Waals surface area contributed by atoms with Crippen molar-refractivity contribution >= 4 is 5.91 Å². The Morgan fingerprint density at radius 1 is 1.39 bits per heavy atom. The van der Waals surface area contributed by atoms with E-state index in [9.17, 15) is 4.79 Å². The molecule has 18 heavy (non-hydrogen) atoms. The second-order valence-electron chi connectivity index (χ2n) is 6.38. The van der Waals surface area contributed by atoms with Crippen molar-refractivity contribution in [3.05, 3.63) is 0 Å². The summed E-state index contributed by atoms with van der Waals surface area (Å²) in [5.74, 6) is 1.78. The lowest BCUT2D eigenvalue weighted by atomic mass is 10.0. The van der Waals surface area contributed by atoms with Crippen LogP contribution in [0, 0.1) is 11.8 Å². The Morgan fingerprint density at radius 3 is 2.83 bits per heavy atom. The number of piperidine rings is 1. The first kappa shape index (κ1) is 13.9. The van der Waals surface area contributed by atoms with Crippen LogP contribution in [-0.4, -0.2) is 36.0 Å². The number of rotatable bonds is 5. The van der Waals surface area contributed by atoms with E-state index in [-0.39, 0.29) is 11.9 Å². The van der Waals surface area contributed by atoms with E-state index in [0.717, 1.165) is 31.3 Å². The maximum atomic E-state index is 12.3. The van der Waals surface area contributed by atoms with Crippen LogP contribution in [0.5, 0.6) is 0 Å². The quantitative estimate of drug-likeness (QED) is 0.815. The van der Waals surface area contributed by atoms with Gasteiger partial charge in [-0.3, -0.25) is 9.69 Å². The van der Waals surface area contributed by atoms with Gasteiger partial charge in [0.25, 0.3) is 0 Å². The van der Waals surface area contributed by atoms with E-state index < -0.39 is 0 Å². The van der Waals surface area contributed by atoms with Crippen molar-refractivity contribution in [3.63, 3.8) is 0 Å². The summed E-state index contributed by atoms with van der Waals surface area (Å²) < 4.78 is 0. The number of hydrogen-bond acceptors (Lipinski definition) is 2. The minimum Gasteiger partial charge on any atom is -0.352 e. The zero-order valence-corrected chi connectivity index (χ0v) is 12.1. The predicted molar refractivity (Wildman–Crippen MR) is 74.4 cm³/mol. The second kappa shape index (κ2) is 6.05. The minimum absolute atomic E-state index is 0.143. The van der Waals surface area contributed by atoms with E-state index in [1.807, 2.05) is 0 Å². The fourth-order valence-corrected chi connectivity index (χ4v) is 3.24. The number of nitrogens with zero attached hydrogens (tertiary/aromatic N) is 1. The first-order valence-corrected chi connectivity index (χ1v) is 7.66. The number of likely N-dealkylation sites (N-methyl/N-ethyl adjacent to an activating group) is 1. The summed E-state index contributed by atoms with van der Waals surface area (Å²) >= 11 is 0. The molecule has 104 valence electrons. The van der Waals surface area contributed by atoms with Gasteiger partial charge in [-0.05, 0) is 50.6 Å². The van der Waals surface area contributed by atoms with E-state index >= 15 is 0 Å². The molecule has 3 heteroatoms. The highest BCUT2D eigenvalue weighted by molar-refractivity contribution is 5.82. The predicted octanol–water partition coefficient (Wildman–Crippen LogP) is 2.41. The third kappa shape index (κ3) is 3.47. The Labute approximate surface area is 111 Å². The number of carbonyl (C=O) groups is 1. The van der Waals surface area contributed by atoms with Crippen LogP contribution in [0.2, 0.25) is 0 Å². The summed E-state index contributed by atoms with van der Waals surface area (Å²) in [6, 6.07) is 0.615. The van der Waals surface area contributed by atoms with Gasteiger partial charge < -0.3 is 5.32 Å². The van der Waals surface area contributed by atoms with Crippen molar-refractivity contribution in [3.8, 4) is 0 Å². The Hall–Kier alpha value is -0.570. The monoisotopic (exact) mass is 252 g/mol. The third-order valence-corrected chi connectivity index (χ3v) is 4.35. The van der Waals surface area contributed by atoms with Crippen LogP contribution in [0.3, 0.4) is 0 Å². The van der Waals surface area contributed by atoms with E-state index in [4.69, 9.17) is 0 Å². The van der Waals surface area contributed by atoms with Crippen molar-refractivity contribution in [2.75, 3.05) is 13.1 Å². The molecule has 2 rings (SSSR count). The van der Waals surface area contributed by atoms with Crippen LogP contribution in [0.25, 0.3) is 0 Å². The van der Waals surface area contributed by atoms with Crippen LogP contribution in [0.4, 0.5) is 0 Å². The van der Waals surface area contributed by atoms with E-state index in [0.29, 0.717) is 6.04 Å². The maximum absolute atomic E-state index is 12.3. The van der Waals surface area contributed by atoms with Crippen LogP contribution in [0.15, 0.2) is 0 Å². The van der Waals surface area contributed by atoms with Crippen LogP contribution < -0.4 is 5.32 Å². The van der Waals surface area contributed by atoms with Crippen molar-refractivity contribution in [1.82, 2.24) is 10.2 Å². The lowest BCUT2D eigenvalue weighted by molar-refractivity contribution is -0.127. The number of likely N-dealkylation sites (tertiary alicyclic amines) is 1. The number of carbonyl (C=O) groups excluding carboxylic acids is 1. The Balaban J connectivity index is 1.77. The van der Waals surface area contributed by atoms with Crippen LogP contribution >= 0.6 is 0 Å². The van der Waals surface area contributed by atoms with Gasteiger partial charge in [0.15, 0.2) is 0 Å². The Bertz CT molecular complexity index is 290. The molecule has 0 radical (unpaired) electrons. The molecule has 2 fully saturated rings. The Kier molecular flexibility index (Phi) is 4.66. The summed E-state index contributed by atoms with van der Waals surface area (Å²) in [5, 5.41) is 3.26. The maximum Gasteiger partial charge on any atom is 0.237 e. The molecule has 1 saturated heterocycles. The van der Waals surface area contributed by atoms with E-state index in [2.05, 4.69) is 31.0 Å². The highest BCUT2D eigenvalue weighted by Gasteiger charge is 2.40. The molecule has 0 bridgehead atoms. The van der Waals surface area contributed by atoms with Crippen LogP contribution in [-0.2, 0) is 4.79 Å². The third-order valence-electron chi connectivity index (χ3n) is 4.35. The summed E-state index contributed by atoms with van der Waals surface area (Å²) in [6.45, 7) is 8.77. The average molecular weight is 252 g/mol. The zero-order valence-electron chi connectivity index (χ0n) is 12.1. The van der Waals surface area contributed by atoms with E-state index in [1.54, 1.807) is 0 Å². The lowest BCUT2D eigenvalue weighted by Crippen LogP contribution is -2.50. The summed E-state index contributed by atoms with van der Waals surface area (Å²) in [7, 11) is 0. The van der Waals surface area contributed by atoms with Gasteiger partial charge in [-0.1, -0.05) is 27.2 Å². The molecule has 1 heterocycles. The molecular formula is C15H28N2O. The largest absolute Gasteiger partial charge is 0.352 e. The molecule has 1 saturated carbocycles. The molecule has 3 nitrogen and oxygen atoms in total. The summed E-state index contributed by atoms with van der Waals surface area (Å²) in [4.78, 5) is 14.6. The Morgan fingerprint density at radius 2 is 2.17 bits per heavy atom. The highest BCUT2D eigenvalue weighted by atomic mass is 16.2. The van der Waals surface area contributed by atoms with Crippen molar-refractivity contribution < 1.29 is 4.79 Å². The fraction of sp³-hybridized carbons (Fsp3) is 0.933. The fourth-order valence-electron chi connectivity index (χ4n) is 3.24. The average Bonchev–Trinajstić information content (AvgIpc) is 3.05. The molecule has 0 aromatic rings. The highest BCUT2D eigenvalue weighted by Crippen LogP contribution is 2.36. The van der Waals surface area contributed by atoms with Gasteiger partial charge in [-0.15, -0.1) is 0 Å². The molecule has 0 aromatic carbocycles. The molecule has 1 N–H and O–H groups in total. The van der Waals surface area contributed by atoms with Gasteiger partial charge in [-0.25, -0.2) is 0 Å². The van der Waals surface area contributed by atoms with Gasteiger partial charge in [0.05, 0.1) is 6.04 Å². The van der Waals surface area contributed by atoms with Gasteiger partial charge in [-0.2, -0.15) is 0 Å². The normalized spacial score (nSPS) is 32.6. The molecule has 0 spiro atoms. The van der Waals surface area contributed by atoms with Crippen molar-refractivity contribution in [2.24, 2.45) is 11.8 Å². The summed E-state index contributed by atoms with van der Waals surface area (Å²) in [5.41, 5.74) is 0. The van der Waals surface area contributed by atoms with Gasteiger partial charge in [0, 0.05) is 6.04 Å². The molecule has 3 atom stereocenters. The minimum atomic E-state index is 0.143. The molecule has 0 aromatic heterocycles. The molecule has 2 aliphatic rings. The van der Waals surface area contributed by atoms with E-state index in [1.165, 1.54) is 25.7 Å². The number of amides is 1.